The first kappa shape index (κ1) is 19.0. The van der Waals surface area contributed by atoms with E-state index in [2.05, 4.69) is 22.1 Å². The first-order valence-corrected chi connectivity index (χ1v) is 9.40. The number of hydrogen-bond donors (Lipinski definition) is 2. The number of rotatable bonds is 8. The van der Waals surface area contributed by atoms with Crippen LogP contribution in [-0.2, 0) is 11.3 Å². The van der Waals surface area contributed by atoms with Crippen LogP contribution in [0, 0.1) is 0 Å². The maximum Gasteiger partial charge on any atom is 0.150 e. The Labute approximate surface area is 155 Å². The van der Waals surface area contributed by atoms with Crippen LogP contribution in [-0.4, -0.2) is 50.7 Å². The predicted octanol–water partition coefficient (Wildman–Crippen LogP) is 2.50. The number of hydrogen-bond acceptors (Lipinski definition) is 5. The molecule has 0 bridgehead atoms. The van der Waals surface area contributed by atoms with Crippen molar-refractivity contribution in [2.45, 2.75) is 51.2 Å². The van der Waals surface area contributed by atoms with Gasteiger partial charge < -0.3 is 14.9 Å². The third-order valence-electron chi connectivity index (χ3n) is 4.66. The molecular formula is C20H29N3O3. The highest BCUT2D eigenvalue weighted by Gasteiger charge is 2.20. The zero-order valence-corrected chi connectivity index (χ0v) is 15.4. The molecule has 0 spiro atoms. The molecule has 3 unspecified atom stereocenters. The molecule has 26 heavy (non-hydrogen) atoms. The summed E-state index contributed by atoms with van der Waals surface area (Å²) in [6.07, 6.45) is 5.65. The Hall–Kier alpha value is -1.73. The number of ether oxygens (including phenoxy) is 1. The zero-order valence-electron chi connectivity index (χ0n) is 15.4. The summed E-state index contributed by atoms with van der Waals surface area (Å²) in [5, 5.41) is 24.9. The van der Waals surface area contributed by atoms with Crippen molar-refractivity contribution in [1.82, 2.24) is 14.7 Å². The summed E-state index contributed by atoms with van der Waals surface area (Å²) >= 11 is 0. The Kier molecular flexibility index (Phi) is 6.80. The van der Waals surface area contributed by atoms with Crippen molar-refractivity contribution in [3.8, 4) is 0 Å². The molecular weight excluding hydrogens is 330 g/mol. The van der Waals surface area contributed by atoms with E-state index in [9.17, 15) is 10.2 Å². The molecule has 0 radical (unpaired) electrons. The molecule has 6 nitrogen and oxygen atoms in total. The molecule has 2 aromatic rings. The molecule has 0 amide bonds. The minimum Gasteiger partial charge on any atom is -0.392 e. The van der Waals surface area contributed by atoms with E-state index in [4.69, 9.17) is 4.74 Å². The van der Waals surface area contributed by atoms with Gasteiger partial charge in [0.05, 0.1) is 18.4 Å². The lowest BCUT2D eigenvalue weighted by molar-refractivity contribution is -0.0396. The third-order valence-corrected chi connectivity index (χ3v) is 4.66. The Morgan fingerprint density at radius 3 is 2.73 bits per heavy atom. The van der Waals surface area contributed by atoms with Crippen molar-refractivity contribution < 1.29 is 14.9 Å². The molecule has 6 heteroatoms. The Balaban J connectivity index is 1.63. The maximum absolute atomic E-state index is 10.7. The SMILES string of the molecule is CC(O)CN(Cc1ccccc1)CC(O)c1cnn(C2CCCCO2)c1. The number of aliphatic hydroxyl groups excluding tert-OH is 2. The minimum absolute atomic E-state index is 0.0254. The minimum atomic E-state index is -0.658. The first-order valence-electron chi connectivity index (χ1n) is 9.40. The molecule has 1 fully saturated rings. The number of benzene rings is 1. The van der Waals surface area contributed by atoms with E-state index >= 15 is 0 Å². The molecule has 3 rings (SSSR count). The van der Waals surface area contributed by atoms with Gasteiger partial charge in [-0.15, -0.1) is 0 Å². The Bertz CT molecular complexity index is 653. The van der Waals surface area contributed by atoms with Gasteiger partial charge in [-0.05, 0) is 31.7 Å². The lowest BCUT2D eigenvalue weighted by Gasteiger charge is -2.26. The summed E-state index contributed by atoms with van der Waals surface area (Å²) in [5.74, 6) is 0. The number of aliphatic hydroxyl groups is 2. The average molecular weight is 359 g/mol. The van der Waals surface area contributed by atoms with Crippen LogP contribution in [0.4, 0.5) is 0 Å². The second-order valence-corrected chi connectivity index (χ2v) is 7.12. The summed E-state index contributed by atoms with van der Waals surface area (Å²) in [4.78, 5) is 2.07. The number of nitrogens with zero attached hydrogens (tertiary/aromatic N) is 3. The van der Waals surface area contributed by atoms with Crippen LogP contribution in [0.15, 0.2) is 42.7 Å². The van der Waals surface area contributed by atoms with Gasteiger partial charge >= 0.3 is 0 Å². The molecule has 1 saturated heterocycles. The van der Waals surface area contributed by atoms with E-state index in [0.717, 1.165) is 37.0 Å². The molecule has 1 aromatic heterocycles. The van der Waals surface area contributed by atoms with Crippen molar-refractivity contribution in [3.63, 3.8) is 0 Å². The summed E-state index contributed by atoms with van der Waals surface area (Å²) in [5.41, 5.74) is 1.94. The molecule has 2 N–H and O–H groups in total. The standard InChI is InChI=1S/C20H29N3O3/c1-16(24)12-22(13-17-7-3-2-4-8-17)15-19(25)18-11-21-23(14-18)20-9-5-6-10-26-20/h2-4,7-8,11,14,16,19-20,24-25H,5-6,9-10,12-13,15H2,1H3. The van der Waals surface area contributed by atoms with E-state index in [1.807, 2.05) is 29.1 Å². The number of aromatic nitrogens is 2. The van der Waals surface area contributed by atoms with Gasteiger partial charge in [-0.1, -0.05) is 30.3 Å². The summed E-state index contributed by atoms with van der Waals surface area (Å²) in [6.45, 7) is 4.16. The van der Waals surface area contributed by atoms with Gasteiger partial charge in [0.1, 0.15) is 6.23 Å². The van der Waals surface area contributed by atoms with Gasteiger partial charge in [-0.3, -0.25) is 4.90 Å². The molecule has 0 aliphatic carbocycles. The fourth-order valence-electron chi connectivity index (χ4n) is 3.38. The fraction of sp³-hybridized carbons (Fsp3) is 0.550. The first-order chi connectivity index (χ1) is 12.6. The van der Waals surface area contributed by atoms with E-state index in [1.54, 1.807) is 13.1 Å². The smallest absolute Gasteiger partial charge is 0.150 e. The van der Waals surface area contributed by atoms with Crippen LogP contribution in [0.25, 0.3) is 0 Å². The molecule has 0 saturated carbocycles. The van der Waals surface area contributed by atoms with Crippen molar-refractivity contribution in [2.24, 2.45) is 0 Å². The van der Waals surface area contributed by atoms with Gasteiger partial charge in [0, 0.05) is 38.0 Å². The Morgan fingerprint density at radius 1 is 1.23 bits per heavy atom. The van der Waals surface area contributed by atoms with Crippen molar-refractivity contribution in [2.75, 3.05) is 19.7 Å². The normalized spacial score (nSPS) is 20.2. The highest BCUT2D eigenvalue weighted by atomic mass is 16.5. The fourth-order valence-corrected chi connectivity index (χ4v) is 3.38. The maximum atomic E-state index is 10.7. The van der Waals surface area contributed by atoms with Gasteiger partial charge in [0.15, 0.2) is 0 Å². The average Bonchev–Trinajstić information content (AvgIpc) is 3.13. The third kappa shape index (κ3) is 5.38. The van der Waals surface area contributed by atoms with Gasteiger partial charge in [-0.2, -0.15) is 5.10 Å². The quantitative estimate of drug-likeness (QED) is 0.758. The summed E-state index contributed by atoms with van der Waals surface area (Å²) < 4.78 is 7.56. The largest absolute Gasteiger partial charge is 0.392 e. The van der Waals surface area contributed by atoms with Crippen LogP contribution in [0.3, 0.4) is 0 Å². The highest BCUT2D eigenvalue weighted by Crippen LogP contribution is 2.24. The molecule has 1 aliphatic heterocycles. The van der Waals surface area contributed by atoms with E-state index in [-0.39, 0.29) is 6.23 Å². The van der Waals surface area contributed by atoms with Crippen LogP contribution in [0.5, 0.6) is 0 Å². The molecule has 1 aliphatic rings. The lowest BCUT2D eigenvalue weighted by atomic mass is 10.1. The topological polar surface area (TPSA) is 70.8 Å². The second kappa shape index (κ2) is 9.28. The molecule has 1 aromatic carbocycles. The van der Waals surface area contributed by atoms with E-state index in [0.29, 0.717) is 19.6 Å². The van der Waals surface area contributed by atoms with Gasteiger partial charge in [0.25, 0.3) is 0 Å². The molecule has 142 valence electrons. The van der Waals surface area contributed by atoms with Crippen LogP contribution in [0.2, 0.25) is 0 Å². The van der Waals surface area contributed by atoms with E-state index < -0.39 is 12.2 Å². The summed E-state index contributed by atoms with van der Waals surface area (Å²) in [6, 6.07) is 10.1. The summed E-state index contributed by atoms with van der Waals surface area (Å²) in [7, 11) is 0. The van der Waals surface area contributed by atoms with Crippen molar-refractivity contribution >= 4 is 0 Å². The van der Waals surface area contributed by atoms with Crippen LogP contribution >= 0.6 is 0 Å². The second-order valence-electron chi connectivity index (χ2n) is 7.12. The predicted molar refractivity (Wildman–Crippen MR) is 99.4 cm³/mol. The monoisotopic (exact) mass is 359 g/mol. The van der Waals surface area contributed by atoms with Crippen molar-refractivity contribution in [1.29, 1.82) is 0 Å². The van der Waals surface area contributed by atoms with Gasteiger partial charge in [-0.25, -0.2) is 4.68 Å². The zero-order chi connectivity index (χ0) is 18.4. The molecule has 2 heterocycles. The molecule has 3 atom stereocenters. The van der Waals surface area contributed by atoms with E-state index in [1.165, 1.54) is 0 Å². The van der Waals surface area contributed by atoms with Crippen molar-refractivity contribution in [3.05, 3.63) is 53.9 Å². The highest BCUT2D eigenvalue weighted by molar-refractivity contribution is 5.15. The van der Waals surface area contributed by atoms with Crippen LogP contribution in [0.1, 0.15) is 49.6 Å². The Morgan fingerprint density at radius 2 is 2.04 bits per heavy atom. The lowest BCUT2D eigenvalue weighted by Crippen LogP contribution is -2.34. The van der Waals surface area contributed by atoms with Gasteiger partial charge in [0.2, 0.25) is 0 Å². The van der Waals surface area contributed by atoms with Crippen LogP contribution < -0.4 is 0 Å².